The van der Waals surface area contributed by atoms with Crippen LogP contribution in [-0.2, 0) is 9.53 Å². The predicted molar refractivity (Wildman–Crippen MR) is 108 cm³/mol. The number of amides is 1. The van der Waals surface area contributed by atoms with Gasteiger partial charge < -0.3 is 14.5 Å². The number of hydrogen-bond acceptors (Lipinski definition) is 6. The maximum Gasteiger partial charge on any atom is 0.359 e. The first-order valence-electron chi connectivity index (χ1n) is 8.95. The number of nitrogens with zero attached hydrogens (tertiary/aromatic N) is 4. The van der Waals surface area contributed by atoms with Gasteiger partial charge in [0.1, 0.15) is 0 Å². The first-order valence-corrected chi connectivity index (χ1v) is 10.2. The third-order valence-corrected chi connectivity index (χ3v) is 5.78. The van der Waals surface area contributed by atoms with E-state index in [4.69, 9.17) is 16.3 Å². The molecule has 1 aliphatic rings. The van der Waals surface area contributed by atoms with Crippen molar-refractivity contribution < 1.29 is 14.3 Å². The number of esters is 1. The molecule has 1 atom stereocenters. The molecule has 1 aliphatic heterocycles. The normalized spacial score (nSPS) is 15.6. The molecule has 146 valence electrons. The second-order valence-electron chi connectivity index (χ2n) is 6.50. The van der Waals surface area contributed by atoms with Crippen LogP contribution in [0.3, 0.4) is 0 Å². The Hall–Kier alpha value is -2.58. The summed E-state index contributed by atoms with van der Waals surface area (Å²) in [5.41, 5.74) is 1.29. The number of fused-ring (bicyclic) bond motifs is 1. The number of para-hydroxylation sites is 1. The van der Waals surface area contributed by atoms with Crippen LogP contribution in [0.1, 0.15) is 17.4 Å². The largest absolute Gasteiger partial charge is 0.448 e. The summed E-state index contributed by atoms with van der Waals surface area (Å²) in [5.74, 6) is -0.858. The Morgan fingerprint density at radius 2 is 1.89 bits per heavy atom. The average Bonchev–Trinajstić information content (AvgIpc) is 3.28. The number of hydrogen-bond donors (Lipinski definition) is 0. The number of ether oxygens (including phenoxy) is 1. The van der Waals surface area contributed by atoms with Gasteiger partial charge in [-0.25, -0.2) is 9.78 Å². The fraction of sp³-hybridized carbons (Fsp3) is 0.316. The van der Waals surface area contributed by atoms with E-state index >= 15 is 0 Å². The van der Waals surface area contributed by atoms with Gasteiger partial charge >= 0.3 is 5.97 Å². The molecule has 0 spiro atoms. The first kappa shape index (κ1) is 18.8. The van der Waals surface area contributed by atoms with Crippen molar-refractivity contribution >= 4 is 45.5 Å². The second kappa shape index (κ2) is 7.81. The van der Waals surface area contributed by atoms with Crippen molar-refractivity contribution in [1.82, 2.24) is 14.3 Å². The number of carbonyl (C=O) groups is 2. The zero-order chi connectivity index (χ0) is 19.7. The van der Waals surface area contributed by atoms with E-state index < -0.39 is 12.1 Å². The number of piperazine rings is 1. The monoisotopic (exact) mass is 418 g/mol. The number of carbonyl (C=O) groups excluding carboxylic acids is 2. The number of halogens is 1. The van der Waals surface area contributed by atoms with Crippen LogP contribution in [0.5, 0.6) is 0 Å². The van der Waals surface area contributed by atoms with Crippen LogP contribution in [0, 0.1) is 0 Å². The van der Waals surface area contributed by atoms with Crippen molar-refractivity contribution in [2.45, 2.75) is 13.0 Å². The number of imidazole rings is 1. The maximum absolute atomic E-state index is 12.7. The summed E-state index contributed by atoms with van der Waals surface area (Å²) in [7, 11) is 0. The number of thiazole rings is 1. The van der Waals surface area contributed by atoms with Crippen molar-refractivity contribution in [3.05, 3.63) is 52.8 Å². The van der Waals surface area contributed by atoms with E-state index in [2.05, 4.69) is 22.0 Å². The molecular formula is C19H19ClN4O3S. The topological polar surface area (TPSA) is 67.1 Å². The summed E-state index contributed by atoms with van der Waals surface area (Å²) in [6, 6.07) is 10.1. The van der Waals surface area contributed by atoms with E-state index in [-0.39, 0.29) is 16.8 Å². The van der Waals surface area contributed by atoms with Crippen LogP contribution in [0.15, 0.2) is 41.9 Å². The molecule has 3 heterocycles. The Bertz CT molecular complexity index is 995. The van der Waals surface area contributed by atoms with Gasteiger partial charge in [-0.1, -0.05) is 29.8 Å². The molecule has 28 heavy (non-hydrogen) atoms. The van der Waals surface area contributed by atoms with Gasteiger partial charge in [0.2, 0.25) is 0 Å². The molecule has 0 unspecified atom stereocenters. The molecule has 1 fully saturated rings. The van der Waals surface area contributed by atoms with Crippen molar-refractivity contribution in [1.29, 1.82) is 0 Å². The van der Waals surface area contributed by atoms with Crippen LogP contribution >= 0.6 is 22.9 Å². The van der Waals surface area contributed by atoms with Crippen LogP contribution in [-0.4, -0.2) is 58.4 Å². The van der Waals surface area contributed by atoms with Crippen LogP contribution in [0.2, 0.25) is 5.15 Å². The molecule has 1 saturated heterocycles. The summed E-state index contributed by atoms with van der Waals surface area (Å²) in [4.78, 5) is 33.9. The lowest BCUT2D eigenvalue weighted by Gasteiger charge is -2.37. The molecule has 2 aromatic heterocycles. The Kier molecular flexibility index (Phi) is 5.23. The van der Waals surface area contributed by atoms with E-state index in [1.54, 1.807) is 27.8 Å². The van der Waals surface area contributed by atoms with Gasteiger partial charge in [-0.2, -0.15) is 0 Å². The van der Waals surface area contributed by atoms with Gasteiger partial charge in [-0.05, 0) is 19.1 Å². The Balaban J connectivity index is 1.37. The van der Waals surface area contributed by atoms with E-state index in [1.165, 1.54) is 11.3 Å². The summed E-state index contributed by atoms with van der Waals surface area (Å²) in [6.07, 6.45) is 0.807. The van der Waals surface area contributed by atoms with Gasteiger partial charge in [0, 0.05) is 43.4 Å². The highest BCUT2D eigenvalue weighted by atomic mass is 35.5. The Morgan fingerprint density at radius 3 is 2.61 bits per heavy atom. The number of aromatic nitrogens is 2. The fourth-order valence-corrected chi connectivity index (χ4v) is 4.30. The molecule has 0 bridgehead atoms. The lowest BCUT2D eigenvalue weighted by Crippen LogP contribution is -2.51. The minimum absolute atomic E-state index is 0.0768. The van der Waals surface area contributed by atoms with Crippen molar-refractivity contribution in [3.8, 4) is 0 Å². The van der Waals surface area contributed by atoms with Crippen molar-refractivity contribution in [3.63, 3.8) is 0 Å². The standard InChI is InChI=1S/C19H19ClN4O3S/c1-13(27-18(26)15-16(20)21-19-24(15)11-12-28-19)17(25)23-9-7-22(8-10-23)14-5-3-2-4-6-14/h2-6,11-13H,7-10H2,1H3/t13-/m1/s1. The molecule has 3 aromatic rings. The summed E-state index contributed by atoms with van der Waals surface area (Å²) in [5, 5.41) is 1.88. The van der Waals surface area contributed by atoms with E-state index in [0.29, 0.717) is 18.1 Å². The lowest BCUT2D eigenvalue weighted by atomic mass is 10.2. The Labute approximate surface area is 171 Å². The van der Waals surface area contributed by atoms with Crippen LogP contribution in [0.25, 0.3) is 4.96 Å². The molecule has 4 rings (SSSR count). The zero-order valence-corrected chi connectivity index (χ0v) is 16.8. The van der Waals surface area contributed by atoms with E-state index in [1.807, 2.05) is 18.2 Å². The number of rotatable bonds is 4. The highest BCUT2D eigenvalue weighted by Gasteiger charge is 2.29. The number of anilines is 1. The average molecular weight is 419 g/mol. The fourth-order valence-electron chi connectivity index (χ4n) is 3.29. The van der Waals surface area contributed by atoms with Gasteiger partial charge in [-0.3, -0.25) is 9.20 Å². The van der Waals surface area contributed by atoms with Gasteiger partial charge in [-0.15, -0.1) is 11.3 Å². The van der Waals surface area contributed by atoms with Crippen LogP contribution < -0.4 is 4.90 Å². The maximum atomic E-state index is 12.7. The molecule has 1 aromatic carbocycles. The quantitative estimate of drug-likeness (QED) is 0.609. The molecule has 0 N–H and O–H groups in total. The third kappa shape index (κ3) is 3.57. The second-order valence-corrected chi connectivity index (χ2v) is 7.73. The zero-order valence-electron chi connectivity index (χ0n) is 15.2. The minimum Gasteiger partial charge on any atom is -0.448 e. The third-order valence-electron chi connectivity index (χ3n) is 4.76. The van der Waals surface area contributed by atoms with Crippen LogP contribution in [0.4, 0.5) is 5.69 Å². The highest BCUT2D eigenvalue weighted by molar-refractivity contribution is 7.15. The molecule has 1 amide bonds. The smallest absolute Gasteiger partial charge is 0.359 e. The van der Waals surface area contributed by atoms with Gasteiger partial charge in [0.25, 0.3) is 5.91 Å². The van der Waals surface area contributed by atoms with E-state index in [9.17, 15) is 9.59 Å². The van der Waals surface area contributed by atoms with Gasteiger partial charge in [0.15, 0.2) is 21.9 Å². The molecule has 0 radical (unpaired) electrons. The molecule has 0 aliphatic carbocycles. The minimum atomic E-state index is -0.893. The highest BCUT2D eigenvalue weighted by Crippen LogP contribution is 2.23. The SMILES string of the molecule is C[C@@H](OC(=O)c1c(Cl)nc2sccn12)C(=O)N1CCN(c2ccccc2)CC1. The molecule has 9 heteroatoms. The lowest BCUT2D eigenvalue weighted by molar-refractivity contribution is -0.140. The molecule has 7 nitrogen and oxygen atoms in total. The summed E-state index contributed by atoms with van der Waals surface area (Å²) in [6.45, 7) is 4.22. The first-order chi connectivity index (χ1) is 13.5. The van der Waals surface area contributed by atoms with Gasteiger partial charge in [0.05, 0.1) is 0 Å². The van der Waals surface area contributed by atoms with Crippen molar-refractivity contribution in [2.24, 2.45) is 0 Å². The molecular weight excluding hydrogens is 400 g/mol. The Morgan fingerprint density at radius 1 is 1.18 bits per heavy atom. The summed E-state index contributed by atoms with van der Waals surface area (Å²) >= 11 is 7.43. The predicted octanol–water partition coefficient (Wildman–Crippen LogP) is 2.94. The molecule has 0 saturated carbocycles. The van der Waals surface area contributed by atoms with E-state index in [0.717, 1.165) is 18.8 Å². The number of benzene rings is 1. The summed E-state index contributed by atoms with van der Waals surface area (Å²) < 4.78 is 6.97. The van der Waals surface area contributed by atoms with Crippen molar-refractivity contribution in [2.75, 3.05) is 31.1 Å².